The zero-order valence-electron chi connectivity index (χ0n) is 10.7. The minimum atomic E-state index is -0.112. The first-order valence-electron chi connectivity index (χ1n) is 5.84. The summed E-state index contributed by atoms with van der Waals surface area (Å²) in [4.78, 5) is 12.6. The Labute approximate surface area is 112 Å². The molecule has 98 valence electrons. The Bertz CT molecular complexity index is 445. The number of amides is 1. The van der Waals surface area contributed by atoms with E-state index in [1.165, 1.54) is 11.3 Å². The average molecular weight is 266 g/mol. The minimum Gasteiger partial charge on any atom is -0.380 e. The van der Waals surface area contributed by atoms with Gasteiger partial charge in [-0.25, -0.2) is 0 Å². The molecule has 0 aliphatic rings. The molecule has 0 aliphatic heterocycles. The van der Waals surface area contributed by atoms with E-state index in [4.69, 9.17) is 10.5 Å². The summed E-state index contributed by atoms with van der Waals surface area (Å²) >= 11 is 1.38. The van der Waals surface area contributed by atoms with Gasteiger partial charge in [0.1, 0.15) is 4.88 Å². The number of nitrogens with two attached hydrogens (primary N) is 1. The molecule has 1 atom stereocenters. The van der Waals surface area contributed by atoms with Crippen LogP contribution in [0.4, 0.5) is 0 Å². The summed E-state index contributed by atoms with van der Waals surface area (Å²) in [5.41, 5.74) is 6.05. The zero-order valence-corrected chi connectivity index (χ0v) is 11.5. The standard InChI is InChI=1S/C13H18N2O2S/c1-3-17-9-10(2)15-13(16)12-11(5-4-7-14)6-8-18-12/h6,8,10H,3,7,9,14H2,1-2H3,(H,15,16). The molecule has 1 unspecified atom stereocenters. The van der Waals surface area contributed by atoms with E-state index in [9.17, 15) is 4.79 Å². The van der Waals surface area contributed by atoms with Crippen LogP contribution in [-0.2, 0) is 4.74 Å². The minimum absolute atomic E-state index is 0.0186. The molecule has 1 amide bonds. The lowest BCUT2D eigenvalue weighted by molar-refractivity contribution is 0.0875. The summed E-state index contributed by atoms with van der Waals surface area (Å²) in [5.74, 6) is 5.53. The lowest BCUT2D eigenvalue weighted by Crippen LogP contribution is -2.35. The second-order valence-electron chi connectivity index (χ2n) is 3.70. The first-order chi connectivity index (χ1) is 8.69. The van der Waals surface area contributed by atoms with Gasteiger partial charge in [-0.05, 0) is 25.3 Å². The molecule has 1 aromatic rings. The zero-order chi connectivity index (χ0) is 13.4. The summed E-state index contributed by atoms with van der Waals surface area (Å²) in [7, 11) is 0. The van der Waals surface area contributed by atoms with Crippen LogP contribution in [0.25, 0.3) is 0 Å². The lowest BCUT2D eigenvalue weighted by Gasteiger charge is -2.12. The highest BCUT2D eigenvalue weighted by Crippen LogP contribution is 2.15. The molecule has 5 heteroatoms. The van der Waals surface area contributed by atoms with Crippen LogP contribution in [0.1, 0.15) is 29.1 Å². The van der Waals surface area contributed by atoms with Gasteiger partial charge >= 0.3 is 0 Å². The third-order valence-corrected chi connectivity index (χ3v) is 3.06. The van der Waals surface area contributed by atoms with Crippen molar-refractivity contribution < 1.29 is 9.53 Å². The molecule has 0 bridgehead atoms. The highest BCUT2D eigenvalue weighted by molar-refractivity contribution is 7.12. The predicted octanol–water partition coefficient (Wildman–Crippen LogP) is 1.21. The van der Waals surface area contributed by atoms with Crippen molar-refractivity contribution in [3.63, 3.8) is 0 Å². The molecule has 3 N–H and O–H groups in total. The SMILES string of the molecule is CCOCC(C)NC(=O)c1sccc1C#CCN. The predicted molar refractivity (Wildman–Crippen MR) is 73.7 cm³/mol. The number of hydrogen-bond donors (Lipinski definition) is 2. The van der Waals surface area contributed by atoms with Gasteiger partial charge in [-0.15, -0.1) is 11.3 Å². The Morgan fingerprint density at radius 1 is 1.67 bits per heavy atom. The van der Waals surface area contributed by atoms with Crippen molar-refractivity contribution in [1.29, 1.82) is 0 Å². The van der Waals surface area contributed by atoms with E-state index in [-0.39, 0.29) is 18.5 Å². The van der Waals surface area contributed by atoms with Crippen LogP contribution in [-0.4, -0.2) is 31.7 Å². The molecule has 0 radical (unpaired) electrons. The van der Waals surface area contributed by atoms with E-state index in [0.717, 1.165) is 5.56 Å². The van der Waals surface area contributed by atoms with Crippen LogP contribution in [0.3, 0.4) is 0 Å². The molecule has 0 fully saturated rings. The van der Waals surface area contributed by atoms with Crippen molar-refractivity contribution in [3.05, 3.63) is 21.9 Å². The summed E-state index contributed by atoms with van der Waals surface area (Å²) in [5, 5.41) is 4.73. The molecule has 1 aromatic heterocycles. The first-order valence-corrected chi connectivity index (χ1v) is 6.72. The van der Waals surface area contributed by atoms with Crippen LogP contribution in [0.5, 0.6) is 0 Å². The smallest absolute Gasteiger partial charge is 0.262 e. The molecule has 0 aromatic carbocycles. The van der Waals surface area contributed by atoms with Crippen molar-refractivity contribution >= 4 is 17.2 Å². The van der Waals surface area contributed by atoms with Gasteiger partial charge < -0.3 is 15.8 Å². The Morgan fingerprint density at radius 2 is 2.44 bits per heavy atom. The van der Waals surface area contributed by atoms with E-state index in [1.807, 2.05) is 25.3 Å². The molecule has 0 aliphatic carbocycles. The number of nitrogens with one attached hydrogen (secondary N) is 1. The lowest BCUT2D eigenvalue weighted by atomic mass is 10.2. The van der Waals surface area contributed by atoms with E-state index in [1.54, 1.807) is 0 Å². The Hall–Kier alpha value is -1.35. The number of ether oxygens (including phenoxy) is 1. The molecule has 0 saturated heterocycles. The topological polar surface area (TPSA) is 64.3 Å². The van der Waals surface area contributed by atoms with Crippen molar-refractivity contribution in [3.8, 4) is 11.8 Å². The molecule has 1 rings (SSSR count). The molecular weight excluding hydrogens is 248 g/mol. The maximum atomic E-state index is 12.0. The Balaban J connectivity index is 2.64. The average Bonchev–Trinajstić information content (AvgIpc) is 2.82. The van der Waals surface area contributed by atoms with E-state index in [0.29, 0.717) is 18.1 Å². The summed E-state index contributed by atoms with van der Waals surface area (Å²) in [6.07, 6.45) is 0. The normalized spacial score (nSPS) is 11.5. The quantitative estimate of drug-likeness (QED) is 0.787. The molecule has 18 heavy (non-hydrogen) atoms. The molecule has 1 heterocycles. The van der Waals surface area contributed by atoms with Crippen LogP contribution in [0.2, 0.25) is 0 Å². The number of thiophene rings is 1. The van der Waals surface area contributed by atoms with Crippen molar-refractivity contribution in [1.82, 2.24) is 5.32 Å². The van der Waals surface area contributed by atoms with Gasteiger partial charge in [0.05, 0.1) is 13.2 Å². The first kappa shape index (κ1) is 14.7. The highest BCUT2D eigenvalue weighted by atomic mass is 32.1. The van der Waals surface area contributed by atoms with Gasteiger partial charge in [0.15, 0.2) is 0 Å². The van der Waals surface area contributed by atoms with Crippen LogP contribution >= 0.6 is 11.3 Å². The van der Waals surface area contributed by atoms with Gasteiger partial charge in [-0.1, -0.05) is 11.8 Å². The Kier molecular flexibility index (Phi) is 6.44. The second kappa shape index (κ2) is 7.88. The third-order valence-electron chi connectivity index (χ3n) is 2.15. The van der Waals surface area contributed by atoms with Gasteiger partial charge in [0.25, 0.3) is 5.91 Å². The van der Waals surface area contributed by atoms with E-state index >= 15 is 0 Å². The van der Waals surface area contributed by atoms with Gasteiger partial charge in [-0.3, -0.25) is 4.79 Å². The van der Waals surface area contributed by atoms with Crippen LogP contribution in [0, 0.1) is 11.8 Å². The maximum Gasteiger partial charge on any atom is 0.262 e. The fourth-order valence-corrected chi connectivity index (χ4v) is 2.11. The summed E-state index contributed by atoms with van der Waals surface area (Å²) in [6.45, 7) is 5.28. The molecule has 0 saturated carbocycles. The van der Waals surface area contributed by atoms with E-state index < -0.39 is 0 Å². The fourth-order valence-electron chi connectivity index (χ4n) is 1.36. The monoisotopic (exact) mass is 266 g/mol. The van der Waals surface area contributed by atoms with Crippen LogP contribution < -0.4 is 11.1 Å². The van der Waals surface area contributed by atoms with Crippen molar-refractivity contribution in [2.24, 2.45) is 5.73 Å². The molecule has 0 spiro atoms. The third kappa shape index (κ3) is 4.49. The highest BCUT2D eigenvalue weighted by Gasteiger charge is 2.14. The number of rotatable bonds is 5. The largest absolute Gasteiger partial charge is 0.380 e. The number of hydrogen-bond acceptors (Lipinski definition) is 4. The summed E-state index contributed by atoms with van der Waals surface area (Å²) in [6, 6.07) is 1.81. The fraction of sp³-hybridized carbons (Fsp3) is 0.462. The van der Waals surface area contributed by atoms with Gasteiger partial charge in [0, 0.05) is 18.2 Å². The summed E-state index contributed by atoms with van der Waals surface area (Å²) < 4.78 is 5.25. The van der Waals surface area contributed by atoms with Gasteiger partial charge in [-0.2, -0.15) is 0 Å². The van der Waals surface area contributed by atoms with E-state index in [2.05, 4.69) is 17.2 Å². The number of carbonyl (C=O) groups excluding carboxylic acids is 1. The maximum absolute atomic E-state index is 12.0. The van der Waals surface area contributed by atoms with Crippen LogP contribution in [0.15, 0.2) is 11.4 Å². The van der Waals surface area contributed by atoms with Crippen molar-refractivity contribution in [2.45, 2.75) is 19.9 Å². The number of carbonyl (C=O) groups is 1. The van der Waals surface area contributed by atoms with Gasteiger partial charge in [0.2, 0.25) is 0 Å². The molecular formula is C13H18N2O2S. The Morgan fingerprint density at radius 3 is 3.11 bits per heavy atom. The second-order valence-corrected chi connectivity index (χ2v) is 4.62. The van der Waals surface area contributed by atoms with Crippen molar-refractivity contribution in [2.75, 3.05) is 19.8 Å². The molecule has 4 nitrogen and oxygen atoms in total.